The predicted molar refractivity (Wildman–Crippen MR) is 92.4 cm³/mol. The lowest BCUT2D eigenvalue weighted by Crippen LogP contribution is -2.49. The highest BCUT2D eigenvalue weighted by Crippen LogP contribution is 2.34. The molecule has 1 saturated heterocycles. The van der Waals surface area contributed by atoms with Crippen molar-refractivity contribution in [3.63, 3.8) is 0 Å². The van der Waals surface area contributed by atoms with Crippen LogP contribution in [-0.4, -0.2) is 42.6 Å². The van der Waals surface area contributed by atoms with E-state index >= 15 is 0 Å². The molecule has 2 aliphatic heterocycles. The van der Waals surface area contributed by atoms with Gasteiger partial charge in [0.15, 0.2) is 11.5 Å². The number of benzene rings is 1. The molecule has 0 bridgehead atoms. The zero-order valence-electron chi connectivity index (χ0n) is 14.1. The molecule has 4 amide bonds. The number of likely N-dealkylation sites (tertiary alicyclic amines) is 1. The minimum Gasteiger partial charge on any atom is -0.454 e. The number of ether oxygens (including phenoxy) is 2. The number of hydrogen-bond donors (Lipinski definition) is 3. The topological polar surface area (TPSA) is 109 Å². The summed E-state index contributed by atoms with van der Waals surface area (Å²) in [6.07, 6.45) is 2.34. The summed E-state index contributed by atoms with van der Waals surface area (Å²) in [5, 5.41) is 2.60. The van der Waals surface area contributed by atoms with E-state index in [0.29, 0.717) is 43.1 Å². The summed E-state index contributed by atoms with van der Waals surface area (Å²) < 4.78 is 10.4. The molecule has 2 heterocycles. The van der Waals surface area contributed by atoms with E-state index in [1.807, 2.05) is 0 Å². The van der Waals surface area contributed by atoms with Gasteiger partial charge in [-0.3, -0.25) is 15.0 Å². The number of anilines is 1. The monoisotopic (exact) mass is 360 g/mol. The second kappa shape index (κ2) is 7.77. The van der Waals surface area contributed by atoms with Gasteiger partial charge in [-0.05, 0) is 31.1 Å². The van der Waals surface area contributed by atoms with Crippen LogP contribution in [0.4, 0.5) is 10.5 Å². The van der Waals surface area contributed by atoms with Crippen molar-refractivity contribution in [2.24, 2.45) is 5.92 Å². The number of hydrazine groups is 1. The molecule has 0 unspecified atom stereocenters. The summed E-state index contributed by atoms with van der Waals surface area (Å²) in [4.78, 5) is 37.2. The SMILES string of the molecule is C=CC(=O)N1CCC(C(=O)NNC(=O)Nc2ccc3c(c2)OCO3)CC1. The summed E-state index contributed by atoms with van der Waals surface area (Å²) in [7, 11) is 0. The van der Waals surface area contributed by atoms with Crippen molar-refractivity contribution in [3.8, 4) is 11.5 Å². The van der Waals surface area contributed by atoms with E-state index in [1.165, 1.54) is 6.08 Å². The number of nitrogens with zero attached hydrogens (tertiary/aromatic N) is 1. The van der Waals surface area contributed by atoms with Crippen LogP contribution in [-0.2, 0) is 9.59 Å². The molecule has 138 valence electrons. The van der Waals surface area contributed by atoms with Crippen molar-refractivity contribution in [1.29, 1.82) is 0 Å². The maximum absolute atomic E-state index is 12.1. The van der Waals surface area contributed by atoms with Gasteiger partial charge in [0.2, 0.25) is 18.6 Å². The first-order chi connectivity index (χ1) is 12.6. The molecule has 0 atom stereocenters. The van der Waals surface area contributed by atoms with E-state index in [4.69, 9.17) is 9.47 Å². The van der Waals surface area contributed by atoms with Gasteiger partial charge in [-0.15, -0.1) is 0 Å². The quantitative estimate of drug-likeness (QED) is 0.550. The number of amides is 4. The van der Waals surface area contributed by atoms with Gasteiger partial charge in [-0.1, -0.05) is 6.58 Å². The van der Waals surface area contributed by atoms with Crippen LogP contribution < -0.4 is 25.6 Å². The van der Waals surface area contributed by atoms with Crippen molar-refractivity contribution >= 4 is 23.5 Å². The zero-order valence-corrected chi connectivity index (χ0v) is 14.1. The summed E-state index contributed by atoms with van der Waals surface area (Å²) >= 11 is 0. The Hall–Kier alpha value is -3.23. The number of urea groups is 1. The van der Waals surface area contributed by atoms with Crippen molar-refractivity contribution in [1.82, 2.24) is 15.8 Å². The Bertz CT molecular complexity index is 728. The minimum atomic E-state index is -0.573. The maximum Gasteiger partial charge on any atom is 0.337 e. The van der Waals surface area contributed by atoms with Gasteiger partial charge in [-0.2, -0.15) is 0 Å². The van der Waals surface area contributed by atoms with E-state index < -0.39 is 6.03 Å². The largest absolute Gasteiger partial charge is 0.454 e. The van der Waals surface area contributed by atoms with E-state index in [0.717, 1.165) is 0 Å². The molecule has 3 rings (SSSR count). The van der Waals surface area contributed by atoms with Gasteiger partial charge in [-0.25, -0.2) is 10.2 Å². The number of rotatable bonds is 3. The van der Waals surface area contributed by atoms with Crippen molar-refractivity contribution in [3.05, 3.63) is 30.9 Å². The lowest BCUT2D eigenvalue weighted by atomic mass is 9.96. The molecular formula is C17H20N4O5. The van der Waals surface area contributed by atoms with Gasteiger partial charge < -0.3 is 19.7 Å². The Morgan fingerprint density at radius 3 is 2.58 bits per heavy atom. The van der Waals surface area contributed by atoms with Crippen molar-refractivity contribution < 1.29 is 23.9 Å². The van der Waals surface area contributed by atoms with Gasteiger partial charge in [0, 0.05) is 30.8 Å². The van der Waals surface area contributed by atoms with Crippen LogP contribution in [0.3, 0.4) is 0 Å². The third kappa shape index (κ3) is 4.05. The van der Waals surface area contributed by atoms with Crippen LogP contribution in [0.15, 0.2) is 30.9 Å². The first-order valence-corrected chi connectivity index (χ1v) is 8.24. The predicted octanol–water partition coefficient (Wildman–Crippen LogP) is 0.993. The molecule has 1 aromatic carbocycles. The first-order valence-electron chi connectivity index (χ1n) is 8.24. The summed E-state index contributed by atoms with van der Waals surface area (Å²) in [6, 6.07) is 4.42. The fourth-order valence-electron chi connectivity index (χ4n) is 2.85. The molecule has 26 heavy (non-hydrogen) atoms. The Morgan fingerprint density at radius 2 is 1.85 bits per heavy atom. The highest BCUT2D eigenvalue weighted by atomic mass is 16.7. The molecule has 0 aliphatic carbocycles. The van der Waals surface area contributed by atoms with Crippen LogP contribution in [0.1, 0.15) is 12.8 Å². The van der Waals surface area contributed by atoms with Crippen LogP contribution in [0.2, 0.25) is 0 Å². The van der Waals surface area contributed by atoms with E-state index in [2.05, 4.69) is 22.7 Å². The average Bonchev–Trinajstić information content (AvgIpc) is 3.13. The van der Waals surface area contributed by atoms with Crippen LogP contribution in [0.25, 0.3) is 0 Å². The third-order valence-electron chi connectivity index (χ3n) is 4.28. The van der Waals surface area contributed by atoms with Crippen LogP contribution >= 0.6 is 0 Å². The smallest absolute Gasteiger partial charge is 0.337 e. The molecule has 0 aromatic heterocycles. The lowest BCUT2D eigenvalue weighted by Gasteiger charge is -2.30. The van der Waals surface area contributed by atoms with Gasteiger partial charge in [0.1, 0.15) is 0 Å². The Morgan fingerprint density at radius 1 is 1.12 bits per heavy atom. The lowest BCUT2D eigenvalue weighted by molar-refractivity contribution is -0.132. The fraction of sp³-hybridized carbons (Fsp3) is 0.353. The molecule has 1 aromatic rings. The number of nitrogens with one attached hydrogen (secondary N) is 3. The molecular weight excluding hydrogens is 340 g/mol. The number of carbonyl (C=O) groups excluding carboxylic acids is 3. The van der Waals surface area contributed by atoms with Crippen molar-refractivity contribution in [2.75, 3.05) is 25.2 Å². The zero-order chi connectivity index (χ0) is 18.5. The van der Waals surface area contributed by atoms with Crippen LogP contribution in [0.5, 0.6) is 11.5 Å². The minimum absolute atomic E-state index is 0.134. The molecule has 9 nitrogen and oxygen atoms in total. The second-order valence-corrected chi connectivity index (χ2v) is 5.94. The third-order valence-corrected chi connectivity index (χ3v) is 4.28. The van der Waals surface area contributed by atoms with E-state index in [9.17, 15) is 14.4 Å². The summed E-state index contributed by atoms with van der Waals surface area (Å²) in [5.74, 6) is 0.495. The fourth-order valence-corrected chi connectivity index (χ4v) is 2.85. The van der Waals surface area contributed by atoms with Gasteiger partial charge in [0.25, 0.3) is 0 Å². The van der Waals surface area contributed by atoms with Crippen molar-refractivity contribution in [2.45, 2.75) is 12.8 Å². The van der Waals surface area contributed by atoms with Gasteiger partial charge >= 0.3 is 6.03 Å². The molecule has 0 spiro atoms. The highest BCUT2D eigenvalue weighted by Gasteiger charge is 2.26. The maximum atomic E-state index is 12.1. The number of hydrogen-bond acceptors (Lipinski definition) is 5. The Balaban J connectivity index is 1.42. The summed E-state index contributed by atoms with van der Waals surface area (Å²) in [6.45, 7) is 4.59. The normalized spacial score (nSPS) is 15.9. The standard InChI is InChI=1S/C17H20N4O5/c1-2-15(22)21-7-5-11(6-8-21)16(23)19-20-17(24)18-12-3-4-13-14(9-12)26-10-25-13/h2-4,9,11H,1,5-8,10H2,(H,19,23)(H2,18,20,24). The molecule has 9 heteroatoms. The first kappa shape index (κ1) is 17.6. The Kier molecular flexibility index (Phi) is 5.26. The van der Waals surface area contributed by atoms with Gasteiger partial charge in [0.05, 0.1) is 0 Å². The Labute approximate surface area is 150 Å². The number of fused-ring (bicyclic) bond motifs is 1. The molecule has 1 fully saturated rings. The average molecular weight is 360 g/mol. The molecule has 3 N–H and O–H groups in total. The number of piperidine rings is 1. The molecule has 0 saturated carbocycles. The number of carbonyl (C=O) groups is 3. The van der Waals surface area contributed by atoms with E-state index in [-0.39, 0.29) is 24.5 Å². The second-order valence-electron chi connectivity index (χ2n) is 5.94. The molecule has 0 radical (unpaired) electrons. The van der Waals surface area contributed by atoms with E-state index in [1.54, 1.807) is 23.1 Å². The molecule has 2 aliphatic rings. The summed E-state index contributed by atoms with van der Waals surface area (Å²) in [5.41, 5.74) is 5.24. The van der Waals surface area contributed by atoms with Crippen LogP contribution in [0, 0.1) is 5.92 Å². The highest BCUT2D eigenvalue weighted by molar-refractivity contribution is 5.91.